The highest BCUT2D eigenvalue weighted by atomic mass is 16.3. The number of phenols is 2. The van der Waals surface area contributed by atoms with Crippen LogP contribution in [0.2, 0.25) is 0 Å². The Balaban J connectivity index is 1.51. The number of aliphatic imine (C=N–C) groups is 1. The second-order valence-corrected chi connectivity index (χ2v) is 23.5. The molecule has 26 heteroatoms. The standard InChI is InChI=1S/C66H91N11O15/c1-41(2)34-53(57(84)37-45(62(89)70-3)35-43-17-22-48(79)23-18-43)76-63(90)46(36-44-19-24-49(80)25-20-44)38-55(82)52(26-21-42-12-6-4-7-13-42)74-59(86)28-27-54(81)50(14-11-32-72-66(69)92)75-64(91)47(40-78)39-56(83)51(15-10-31-71-65(67)68)73-58(85)16-8-5-9-33-77-60(87)29-30-61(77)88/h4,6-7,12-13,17-20,22-25,29-30,41,45-47,50-53,78-80H,5,8-11,14-16,21,26-28,31-40H2,1-3H3,(H,70,89)(H,73,85)(H,74,86)(H,75,91)(H,76,90)(H4,67,68,71)(H3,69,72,92)/t45-,46-,47+,50+,51+,52+,53+/m1/s1. The van der Waals surface area contributed by atoms with Crippen molar-refractivity contribution < 1.29 is 72.9 Å². The number of aromatic hydroxyl groups is 2. The average molecular weight is 1280 g/mol. The number of rotatable bonds is 44. The molecule has 0 bridgehead atoms. The number of primary amides is 1. The maximum absolute atomic E-state index is 14.7. The Morgan fingerprint density at radius 1 is 0.533 bits per heavy atom. The zero-order valence-electron chi connectivity index (χ0n) is 52.7. The van der Waals surface area contributed by atoms with E-state index in [1.165, 1.54) is 43.5 Å². The normalized spacial score (nSPS) is 14.2. The molecule has 0 saturated heterocycles. The predicted octanol–water partition coefficient (Wildman–Crippen LogP) is 2.30. The Hall–Kier alpha value is -9.33. The van der Waals surface area contributed by atoms with Gasteiger partial charge in [0.15, 0.2) is 29.1 Å². The molecule has 500 valence electrons. The van der Waals surface area contributed by atoms with Crippen LogP contribution in [-0.4, -0.2) is 154 Å². The van der Waals surface area contributed by atoms with Crippen molar-refractivity contribution in [1.82, 2.24) is 36.8 Å². The van der Waals surface area contributed by atoms with Gasteiger partial charge in [-0.2, -0.15) is 0 Å². The number of aliphatic hydroxyl groups is 1. The number of hydrogen-bond acceptors (Lipinski definition) is 16. The van der Waals surface area contributed by atoms with E-state index in [-0.39, 0.29) is 107 Å². The first-order valence-corrected chi connectivity index (χ1v) is 31.2. The smallest absolute Gasteiger partial charge is 0.312 e. The van der Waals surface area contributed by atoms with E-state index in [1.54, 1.807) is 24.3 Å². The number of Topliss-reactive ketones (excluding diaryl/α,β-unsaturated/α-hetero) is 4. The van der Waals surface area contributed by atoms with Crippen LogP contribution in [0, 0.1) is 23.7 Å². The van der Waals surface area contributed by atoms with Crippen molar-refractivity contribution in [2.24, 2.45) is 45.9 Å². The van der Waals surface area contributed by atoms with E-state index < -0.39 is 145 Å². The van der Waals surface area contributed by atoms with E-state index in [9.17, 15) is 72.9 Å². The van der Waals surface area contributed by atoms with Gasteiger partial charge >= 0.3 is 6.03 Å². The summed E-state index contributed by atoms with van der Waals surface area (Å²) in [7, 11) is 1.45. The van der Waals surface area contributed by atoms with Crippen molar-refractivity contribution in [2.45, 2.75) is 154 Å². The fourth-order valence-corrected chi connectivity index (χ4v) is 10.5. The van der Waals surface area contributed by atoms with Gasteiger partial charge in [0, 0.05) is 89.2 Å². The fraction of sp³-hybridized carbons (Fsp3) is 0.500. The number of aryl methyl sites for hydroxylation is 1. The number of carbonyl (C=O) groups excluding carboxylic acids is 12. The second kappa shape index (κ2) is 39.7. The number of imide groups is 1. The van der Waals surface area contributed by atoms with Gasteiger partial charge in [0.05, 0.1) is 36.7 Å². The molecule has 0 aromatic heterocycles. The van der Waals surface area contributed by atoms with Gasteiger partial charge in [-0.25, -0.2) is 4.79 Å². The molecule has 0 unspecified atom stereocenters. The van der Waals surface area contributed by atoms with Gasteiger partial charge < -0.3 is 64.4 Å². The molecular formula is C66H91N11O15. The number of ketones is 4. The van der Waals surface area contributed by atoms with Gasteiger partial charge in [-0.15, -0.1) is 0 Å². The fourth-order valence-electron chi connectivity index (χ4n) is 10.5. The lowest BCUT2D eigenvalue weighted by atomic mass is 9.87. The molecule has 0 aliphatic carbocycles. The summed E-state index contributed by atoms with van der Waals surface area (Å²) in [5.74, 6) is -9.95. The van der Waals surface area contributed by atoms with Crippen LogP contribution in [0.4, 0.5) is 4.79 Å². The molecule has 1 aliphatic heterocycles. The Labute approximate surface area is 536 Å². The molecule has 9 amide bonds. The van der Waals surface area contributed by atoms with Crippen LogP contribution in [0.3, 0.4) is 0 Å². The predicted molar refractivity (Wildman–Crippen MR) is 341 cm³/mol. The van der Waals surface area contributed by atoms with E-state index in [0.29, 0.717) is 36.8 Å². The first kappa shape index (κ1) is 75.1. The molecule has 4 rings (SSSR count). The van der Waals surface area contributed by atoms with Crippen molar-refractivity contribution in [3.8, 4) is 11.5 Å². The van der Waals surface area contributed by atoms with Gasteiger partial charge in [0.1, 0.15) is 11.5 Å². The quantitative estimate of drug-likeness (QED) is 0.0167. The maximum Gasteiger partial charge on any atom is 0.312 e. The van der Waals surface area contributed by atoms with Gasteiger partial charge in [0.2, 0.25) is 29.5 Å². The molecule has 1 heterocycles. The number of benzene rings is 3. The van der Waals surface area contributed by atoms with Crippen molar-refractivity contribution in [2.75, 3.05) is 33.3 Å². The summed E-state index contributed by atoms with van der Waals surface area (Å²) in [6.45, 7) is 3.14. The van der Waals surface area contributed by atoms with Crippen LogP contribution >= 0.6 is 0 Å². The number of amides is 9. The zero-order valence-corrected chi connectivity index (χ0v) is 52.7. The molecule has 3 aromatic rings. The third kappa shape index (κ3) is 27.8. The molecule has 0 saturated carbocycles. The third-order valence-corrected chi connectivity index (χ3v) is 15.6. The highest BCUT2D eigenvalue weighted by molar-refractivity contribution is 6.12. The van der Waals surface area contributed by atoms with Gasteiger partial charge in [-0.1, -0.05) is 74.9 Å². The molecule has 0 spiro atoms. The van der Waals surface area contributed by atoms with Crippen molar-refractivity contribution in [3.05, 3.63) is 108 Å². The minimum Gasteiger partial charge on any atom is -0.508 e. The Kier molecular flexibility index (Phi) is 32.4. The number of urea groups is 1. The lowest BCUT2D eigenvalue weighted by Crippen LogP contribution is -2.48. The van der Waals surface area contributed by atoms with Crippen LogP contribution in [0.15, 0.2) is 96.0 Å². The Bertz CT molecular complexity index is 3030. The molecule has 26 nitrogen and oxygen atoms in total. The first-order chi connectivity index (χ1) is 43.8. The summed E-state index contributed by atoms with van der Waals surface area (Å²) >= 11 is 0. The number of unbranched alkanes of at least 4 members (excludes halogenated alkanes) is 2. The first-order valence-electron chi connectivity index (χ1n) is 31.2. The molecule has 0 fully saturated rings. The summed E-state index contributed by atoms with van der Waals surface area (Å²) in [4.78, 5) is 166. The lowest BCUT2D eigenvalue weighted by molar-refractivity contribution is -0.137. The van der Waals surface area contributed by atoms with Crippen molar-refractivity contribution in [3.63, 3.8) is 0 Å². The largest absolute Gasteiger partial charge is 0.508 e. The number of guanidine groups is 1. The number of aliphatic hydroxyl groups excluding tert-OH is 1. The molecule has 1 aliphatic rings. The number of nitrogens with one attached hydrogen (secondary N) is 6. The van der Waals surface area contributed by atoms with E-state index in [2.05, 4.69) is 36.9 Å². The van der Waals surface area contributed by atoms with E-state index in [1.807, 2.05) is 44.2 Å². The van der Waals surface area contributed by atoms with Crippen LogP contribution < -0.4 is 49.1 Å². The number of carbonyl (C=O) groups is 12. The number of phenolic OH excluding ortho intramolecular Hbond substituents is 2. The third-order valence-electron chi connectivity index (χ3n) is 15.6. The SMILES string of the molecule is CNC(=O)[C@@H](CC(=O)[C@H](CC(C)C)NC(=O)[C@@H](CC(=O)[C@H](CCc1ccccc1)NC(=O)CCC(=O)[C@H](CCCNC(N)=O)NC(=O)[C@H](CO)CC(=O)[C@H](CCCN=C(N)N)NC(=O)CCCCCN1C(=O)C=CC1=O)Cc1ccc(O)cc1)Cc1ccc(O)cc1. The lowest BCUT2D eigenvalue weighted by Gasteiger charge is -2.26. The number of hydrogen-bond donors (Lipinski definition) is 12. The zero-order chi connectivity index (χ0) is 67.7. The van der Waals surface area contributed by atoms with Gasteiger partial charge in [0.25, 0.3) is 11.8 Å². The van der Waals surface area contributed by atoms with E-state index in [0.717, 1.165) is 10.5 Å². The van der Waals surface area contributed by atoms with Gasteiger partial charge in [-0.05, 0) is 118 Å². The second-order valence-electron chi connectivity index (χ2n) is 23.5. The van der Waals surface area contributed by atoms with Crippen LogP contribution in [0.1, 0.15) is 127 Å². The molecule has 3 aromatic carbocycles. The monoisotopic (exact) mass is 1280 g/mol. The number of nitrogens with zero attached hydrogens (tertiary/aromatic N) is 2. The number of nitrogens with two attached hydrogens (primary N) is 3. The molecule has 7 atom stereocenters. The van der Waals surface area contributed by atoms with E-state index >= 15 is 0 Å². The van der Waals surface area contributed by atoms with Crippen LogP contribution in [-0.2, 0) is 72.0 Å². The molecule has 92 heavy (non-hydrogen) atoms. The minimum absolute atomic E-state index is 0.0140. The molecule has 0 radical (unpaired) electrons. The highest BCUT2D eigenvalue weighted by Crippen LogP contribution is 2.23. The Morgan fingerprint density at radius 2 is 1.03 bits per heavy atom. The summed E-state index contributed by atoms with van der Waals surface area (Å²) in [5.41, 5.74) is 18.3. The minimum atomic E-state index is -1.42. The molecular weight excluding hydrogens is 1190 g/mol. The Morgan fingerprint density at radius 3 is 1.58 bits per heavy atom. The summed E-state index contributed by atoms with van der Waals surface area (Å²) in [6.07, 6.45) is 2.37. The summed E-state index contributed by atoms with van der Waals surface area (Å²) in [5, 5.41) is 46.4. The van der Waals surface area contributed by atoms with Crippen molar-refractivity contribution >= 4 is 76.5 Å². The van der Waals surface area contributed by atoms with Gasteiger partial charge in [-0.3, -0.25) is 62.6 Å². The summed E-state index contributed by atoms with van der Waals surface area (Å²) in [6, 6.07) is 15.8. The summed E-state index contributed by atoms with van der Waals surface area (Å²) < 4.78 is 0. The molecule has 15 N–H and O–H groups in total. The van der Waals surface area contributed by atoms with Crippen molar-refractivity contribution in [1.29, 1.82) is 0 Å². The average Bonchev–Trinajstić information content (AvgIpc) is 1.13. The highest BCUT2D eigenvalue weighted by Gasteiger charge is 2.35. The van der Waals surface area contributed by atoms with Crippen LogP contribution in [0.5, 0.6) is 11.5 Å². The van der Waals surface area contributed by atoms with E-state index in [4.69, 9.17) is 17.2 Å². The van der Waals surface area contributed by atoms with Crippen LogP contribution in [0.25, 0.3) is 0 Å². The topological polar surface area (TPSA) is 431 Å². The maximum atomic E-state index is 14.7.